The summed E-state index contributed by atoms with van der Waals surface area (Å²) in [5.41, 5.74) is 0. The molecule has 1 N–H and O–H groups in total. The molecule has 0 aromatic carbocycles. The van der Waals surface area contributed by atoms with Crippen LogP contribution in [-0.2, 0) is 10.1 Å². The van der Waals surface area contributed by atoms with E-state index in [-0.39, 0.29) is 29.6 Å². The summed E-state index contributed by atoms with van der Waals surface area (Å²) in [6.45, 7) is 4.05. The smallest absolute Gasteiger partial charge is 0.748 e. The predicted octanol–water partition coefficient (Wildman–Crippen LogP) is -0.184. The molecule has 0 saturated heterocycles. The van der Waals surface area contributed by atoms with E-state index >= 15 is 0 Å². The minimum Gasteiger partial charge on any atom is -0.748 e. The first-order chi connectivity index (χ1) is 8.41. The minimum absolute atomic E-state index is 0. The van der Waals surface area contributed by atoms with Gasteiger partial charge in [0.15, 0.2) is 0 Å². The molecule has 6 heteroatoms. The van der Waals surface area contributed by atoms with E-state index in [1.165, 1.54) is 0 Å². The van der Waals surface area contributed by atoms with Gasteiger partial charge in [0, 0.05) is 5.25 Å². The van der Waals surface area contributed by atoms with Crippen LogP contribution in [0.1, 0.15) is 71.6 Å². The molecule has 110 valence electrons. The molecule has 0 bridgehead atoms. The van der Waals surface area contributed by atoms with E-state index in [2.05, 4.69) is 6.92 Å². The summed E-state index contributed by atoms with van der Waals surface area (Å²) < 4.78 is 33.4. The van der Waals surface area contributed by atoms with Crippen LogP contribution in [-0.4, -0.2) is 29.4 Å². The standard InChI is InChI=1S/C13H28O4S.Na/c1-3-5-6-7-9-13(18(15,16)17)11-10-12(14)8-4-2;/h12-14H,3-11H2,1-2H3,(H,15,16,17);/q;+1/p-1. The van der Waals surface area contributed by atoms with Crippen LogP contribution in [0.25, 0.3) is 0 Å². The Morgan fingerprint density at radius 1 is 0.947 bits per heavy atom. The first kappa shape index (κ1) is 22.2. The van der Waals surface area contributed by atoms with Gasteiger partial charge >= 0.3 is 29.6 Å². The van der Waals surface area contributed by atoms with E-state index in [9.17, 15) is 18.1 Å². The second kappa shape index (κ2) is 12.6. The van der Waals surface area contributed by atoms with Crippen molar-refractivity contribution in [3.63, 3.8) is 0 Å². The molecular formula is C13H27NaO4S. The summed E-state index contributed by atoms with van der Waals surface area (Å²) in [5.74, 6) is 0. The number of aliphatic hydroxyl groups excluding tert-OH is 1. The van der Waals surface area contributed by atoms with Crippen molar-refractivity contribution in [2.45, 2.75) is 83.0 Å². The van der Waals surface area contributed by atoms with Gasteiger partial charge in [-0.3, -0.25) is 0 Å². The summed E-state index contributed by atoms with van der Waals surface area (Å²) in [5, 5.41) is 8.76. The second-order valence-corrected chi connectivity index (χ2v) is 6.64. The van der Waals surface area contributed by atoms with Crippen molar-refractivity contribution < 1.29 is 47.6 Å². The molecule has 0 aromatic rings. The van der Waals surface area contributed by atoms with Crippen molar-refractivity contribution in [3.8, 4) is 0 Å². The van der Waals surface area contributed by atoms with Gasteiger partial charge in [0.25, 0.3) is 0 Å². The largest absolute Gasteiger partial charge is 1.00 e. The Labute approximate surface area is 140 Å². The Morgan fingerprint density at radius 3 is 2.05 bits per heavy atom. The van der Waals surface area contributed by atoms with Gasteiger partial charge in [0.2, 0.25) is 0 Å². The van der Waals surface area contributed by atoms with Crippen LogP contribution in [0.4, 0.5) is 0 Å². The fourth-order valence-electron chi connectivity index (χ4n) is 2.09. The molecule has 0 radical (unpaired) electrons. The van der Waals surface area contributed by atoms with Crippen LogP contribution in [0.5, 0.6) is 0 Å². The summed E-state index contributed by atoms with van der Waals surface area (Å²) in [4.78, 5) is 0. The van der Waals surface area contributed by atoms with E-state index in [0.717, 1.165) is 32.1 Å². The Bertz CT molecular complexity index is 293. The van der Waals surface area contributed by atoms with Crippen LogP contribution in [0.15, 0.2) is 0 Å². The van der Waals surface area contributed by atoms with Crippen molar-refractivity contribution in [1.82, 2.24) is 0 Å². The molecule has 0 aliphatic heterocycles. The van der Waals surface area contributed by atoms with Gasteiger partial charge in [0.05, 0.1) is 16.2 Å². The second-order valence-electron chi connectivity index (χ2n) is 4.98. The first-order valence-corrected chi connectivity index (χ1v) is 8.51. The zero-order valence-electron chi connectivity index (χ0n) is 12.6. The molecule has 0 aliphatic rings. The molecule has 4 nitrogen and oxygen atoms in total. The molecule has 2 unspecified atom stereocenters. The molecule has 2 atom stereocenters. The van der Waals surface area contributed by atoms with E-state index in [4.69, 9.17) is 0 Å². The number of aliphatic hydroxyl groups is 1. The van der Waals surface area contributed by atoms with Gasteiger partial charge in [-0.25, -0.2) is 8.42 Å². The maximum Gasteiger partial charge on any atom is 1.00 e. The van der Waals surface area contributed by atoms with Gasteiger partial charge in [0.1, 0.15) is 0 Å². The van der Waals surface area contributed by atoms with Crippen molar-refractivity contribution in [3.05, 3.63) is 0 Å². The van der Waals surface area contributed by atoms with Crippen LogP contribution in [0.3, 0.4) is 0 Å². The molecule has 0 spiro atoms. The third-order valence-corrected chi connectivity index (χ3v) is 4.52. The molecule has 0 aliphatic carbocycles. The fraction of sp³-hybridized carbons (Fsp3) is 1.00. The Balaban J connectivity index is 0. The number of hydrogen-bond donors (Lipinski definition) is 1. The molecule has 0 rings (SSSR count). The third kappa shape index (κ3) is 12.3. The van der Waals surface area contributed by atoms with E-state index in [0.29, 0.717) is 25.7 Å². The van der Waals surface area contributed by atoms with Gasteiger partial charge in [-0.05, 0) is 25.7 Å². The molecule has 0 heterocycles. The Hall–Kier alpha value is 0.870. The Kier molecular flexibility index (Phi) is 14.7. The average molecular weight is 302 g/mol. The van der Waals surface area contributed by atoms with E-state index < -0.39 is 21.5 Å². The molecule has 0 aromatic heterocycles. The molecular weight excluding hydrogens is 275 g/mol. The van der Waals surface area contributed by atoms with Crippen LogP contribution in [0, 0.1) is 0 Å². The number of rotatable bonds is 11. The van der Waals surface area contributed by atoms with Crippen LogP contribution in [0.2, 0.25) is 0 Å². The summed E-state index contributed by atoms with van der Waals surface area (Å²) in [7, 11) is -4.22. The summed E-state index contributed by atoms with van der Waals surface area (Å²) in [6.07, 6.45) is 6.11. The van der Waals surface area contributed by atoms with Gasteiger partial charge < -0.3 is 9.66 Å². The summed E-state index contributed by atoms with van der Waals surface area (Å²) in [6, 6.07) is 0. The molecule has 0 fully saturated rings. The van der Waals surface area contributed by atoms with E-state index in [1.54, 1.807) is 0 Å². The van der Waals surface area contributed by atoms with Crippen molar-refractivity contribution in [1.29, 1.82) is 0 Å². The van der Waals surface area contributed by atoms with E-state index in [1.807, 2.05) is 6.92 Å². The number of hydrogen-bond acceptors (Lipinski definition) is 4. The van der Waals surface area contributed by atoms with Crippen molar-refractivity contribution in [2.24, 2.45) is 0 Å². The monoisotopic (exact) mass is 302 g/mol. The van der Waals surface area contributed by atoms with Crippen LogP contribution < -0.4 is 29.6 Å². The van der Waals surface area contributed by atoms with Crippen LogP contribution >= 0.6 is 0 Å². The predicted molar refractivity (Wildman–Crippen MR) is 72.4 cm³/mol. The first-order valence-electron chi connectivity index (χ1n) is 7.04. The van der Waals surface area contributed by atoms with Crippen molar-refractivity contribution >= 4 is 10.1 Å². The normalized spacial score (nSPS) is 14.7. The quantitative estimate of drug-likeness (QED) is 0.326. The third-order valence-electron chi connectivity index (χ3n) is 3.23. The SMILES string of the molecule is CCCCCCC(CCC(O)CCC)S(=O)(=O)[O-].[Na+]. The van der Waals surface area contributed by atoms with Gasteiger partial charge in [-0.15, -0.1) is 0 Å². The maximum atomic E-state index is 11.1. The molecule has 0 amide bonds. The van der Waals surface area contributed by atoms with Gasteiger partial charge in [-0.2, -0.15) is 0 Å². The maximum absolute atomic E-state index is 11.1. The fourth-order valence-corrected chi connectivity index (χ4v) is 2.97. The van der Waals surface area contributed by atoms with Gasteiger partial charge in [-0.1, -0.05) is 46.0 Å². The Morgan fingerprint density at radius 2 is 1.58 bits per heavy atom. The zero-order chi connectivity index (χ0) is 14.0. The summed E-state index contributed by atoms with van der Waals surface area (Å²) >= 11 is 0. The zero-order valence-corrected chi connectivity index (χ0v) is 15.4. The topological polar surface area (TPSA) is 77.4 Å². The number of unbranched alkanes of at least 4 members (excludes halogenated alkanes) is 3. The molecule has 19 heavy (non-hydrogen) atoms. The van der Waals surface area contributed by atoms with Crippen molar-refractivity contribution in [2.75, 3.05) is 0 Å². The average Bonchev–Trinajstić information content (AvgIpc) is 2.26. The molecule has 0 saturated carbocycles. The minimum atomic E-state index is -4.22.